The van der Waals surface area contributed by atoms with Gasteiger partial charge in [-0.25, -0.2) is 4.98 Å². The van der Waals surface area contributed by atoms with E-state index in [9.17, 15) is 0 Å². The molecule has 84 valence electrons. The van der Waals surface area contributed by atoms with E-state index in [1.54, 1.807) is 0 Å². The maximum Gasteiger partial charge on any atom is 0.108 e. The van der Waals surface area contributed by atoms with E-state index < -0.39 is 0 Å². The molecule has 1 aromatic heterocycles. The molecular weight excluding hydrogens is 186 g/mol. The summed E-state index contributed by atoms with van der Waals surface area (Å²) >= 11 is 0. The number of hydrogen-bond donors (Lipinski definition) is 0. The third kappa shape index (κ3) is 2.59. The van der Waals surface area contributed by atoms with Crippen LogP contribution in [0.1, 0.15) is 25.6 Å². The van der Waals surface area contributed by atoms with Crippen LogP contribution in [0.3, 0.4) is 0 Å². The molecule has 1 aliphatic heterocycles. The lowest BCUT2D eigenvalue weighted by molar-refractivity contribution is 0.193. The molecule has 0 spiro atoms. The van der Waals surface area contributed by atoms with Crippen LogP contribution in [0.2, 0.25) is 0 Å². The lowest BCUT2D eigenvalue weighted by Gasteiger charge is -2.30. The van der Waals surface area contributed by atoms with Crippen molar-refractivity contribution in [2.75, 3.05) is 20.1 Å². The fraction of sp³-hybridized carbons (Fsp3) is 0.750. The first kappa shape index (κ1) is 10.7. The van der Waals surface area contributed by atoms with Crippen molar-refractivity contribution in [1.82, 2.24) is 14.5 Å². The number of rotatable bonds is 3. The van der Waals surface area contributed by atoms with E-state index in [4.69, 9.17) is 0 Å². The van der Waals surface area contributed by atoms with Gasteiger partial charge in [0.05, 0.1) is 0 Å². The van der Waals surface area contributed by atoms with Crippen molar-refractivity contribution in [2.45, 2.75) is 32.7 Å². The minimum atomic E-state index is 0.809. The summed E-state index contributed by atoms with van der Waals surface area (Å²) in [6.07, 6.45) is 7.79. The van der Waals surface area contributed by atoms with Gasteiger partial charge in [0.2, 0.25) is 0 Å². The fourth-order valence-electron chi connectivity index (χ4n) is 2.52. The largest absolute Gasteiger partial charge is 0.335 e. The van der Waals surface area contributed by atoms with Gasteiger partial charge in [0, 0.05) is 31.9 Å². The molecule has 1 aliphatic rings. The van der Waals surface area contributed by atoms with E-state index in [0.29, 0.717) is 0 Å². The maximum absolute atomic E-state index is 4.37. The Kier molecular flexibility index (Phi) is 3.41. The Balaban J connectivity index is 1.96. The highest BCUT2D eigenvalue weighted by Crippen LogP contribution is 2.17. The Morgan fingerprint density at radius 3 is 3.13 bits per heavy atom. The second-order valence-electron chi connectivity index (χ2n) is 4.62. The number of aromatic nitrogens is 2. The van der Waals surface area contributed by atoms with E-state index >= 15 is 0 Å². The standard InChI is InChI=1S/C12H21N3/c1-3-12-13-6-8-15(12)10-11-5-4-7-14(2)9-11/h6,8,11H,3-5,7,9-10H2,1-2H3. The molecule has 15 heavy (non-hydrogen) atoms. The summed E-state index contributed by atoms with van der Waals surface area (Å²) in [6.45, 7) is 5.82. The molecule has 0 amide bonds. The van der Waals surface area contributed by atoms with Gasteiger partial charge in [0.1, 0.15) is 5.82 Å². The Morgan fingerprint density at radius 2 is 2.40 bits per heavy atom. The smallest absolute Gasteiger partial charge is 0.108 e. The predicted octanol–water partition coefficient (Wildman–Crippen LogP) is 1.79. The van der Waals surface area contributed by atoms with E-state index in [1.807, 2.05) is 6.20 Å². The van der Waals surface area contributed by atoms with Gasteiger partial charge in [-0.2, -0.15) is 0 Å². The molecule has 3 nitrogen and oxygen atoms in total. The number of nitrogens with zero attached hydrogens (tertiary/aromatic N) is 3. The minimum Gasteiger partial charge on any atom is -0.335 e. The highest BCUT2D eigenvalue weighted by atomic mass is 15.1. The highest BCUT2D eigenvalue weighted by molar-refractivity contribution is 4.92. The summed E-state index contributed by atoms with van der Waals surface area (Å²) in [6, 6.07) is 0. The van der Waals surface area contributed by atoms with Gasteiger partial charge in [-0.05, 0) is 32.4 Å². The summed E-state index contributed by atoms with van der Waals surface area (Å²) in [7, 11) is 2.22. The Bertz CT molecular complexity index is 306. The molecule has 1 fully saturated rings. The molecule has 2 rings (SSSR count). The van der Waals surface area contributed by atoms with Gasteiger partial charge in [-0.1, -0.05) is 6.92 Å². The molecule has 1 atom stereocenters. The zero-order chi connectivity index (χ0) is 10.7. The van der Waals surface area contributed by atoms with E-state index in [-0.39, 0.29) is 0 Å². The molecule has 0 aromatic carbocycles. The van der Waals surface area contributed by atoms with Crippen molar-refractivity contribution in [3.63, 3.8) is 0 Å². The number of imidazole rings is 1. The van der Waals surface area contributed by atoms with Crippen LogP contribution in [-0.2, 0) is 13.0 Å². The van der Waals surface area contributed by atoms with E-state index in [2.05, 4.69) is 34.6 Å². The van der Waals surface area contributed by atoms with Gasteiger partial charge < -0.3 is 9.47 Å². The second kappa shape index (κ2) is 4.79. The minimum absolute atomic E-state index is 0.809. The molecular formula is C12H21N3. The van der Waals surface area contributed by atoms with Crippen molar-refractivity contribution in [1.29, 1.82) is 0 Å². The third-order valence-electron chi connectivity index (χ3n) is 3.29. The number of hydrogen-bond acceptors (Lipinski definition) is 2. The third-order valence-corrected chi connectivity index (χ3v) is 3.29. The van der Waals surface area contributed by atoms with Crippen LogP contribution in [0.4, 0.5) is 0 Å². The monoisotopic (exact) mass is 207 g/mol. The first-order valence-electron chi connectivity index (χ1n) is 5.98. The first-order chi connectivity index (χ1) is 7.29. The second-order valence-corrected chi connectivity index (χ2v) is 4.62. The molecule has 0 aliphatic carbocycles. The molecule has 2 heterocycles. The van der Waals surface area contributed by atoms with Crippen LogP contribution in [0, 0.1) is 5.92 Å². The molecule has 0 N–H and O–H groups in total. The van der Waals surface area contributed by atoms with E-state index in [1.165, 1.54) is 31.8 Å². The van der Waals surface area contributed by atoms with Crippen LogP contribution in [0.15, 0.2) is 12.4 Å². The summed E-state index contributed by atoms with van der Waals surface area (Å²) in [5.41, 5.74) is 0. The maximum atomic E-state index is 4.37. The van der Waals surface area contributed by atoms with Gasteiger partial charge in [0.15, 0.2) is 0 Å². The zero-order valence-electron chi connectivity index (χ0n) is 9.82. The molecule has 1 unspecified atom stereocenters. The Hall–Kier alpha value is -0.830. The van der Waals surface area contributed by atoms with Crippen molar-refractivity contribution in [3.05, 3.63) is 18.2 Å². The van der Waals surface area contributed by atoms with Crippen LogP contribution in [0.25, 0.3) is 0 Å². The fourth-order valence-corrected chi connectivity index (χ4v) is 2.52. The predicted molar refractivity (Wildman–Crippen MR) is 61.8 cm³/mol. The molecule has 0 saturated carbocycles. The van der Waals surface area contributed by atoms with Gasteiger partial charge in [-0.15, -0.1) is 0 Å². The van der Waals surface area contributed by atoms with Crippen LogP contribution >= 0.6 is 0 Å². The summed E-state index contributed by atoms with van der Waals surface area (Å²) in [4.78, 5) is 6.81. The van der Waals surface area contributed by atoms with E-state index in [0.717, 1.165) is 18.9 Å². The zero-order valence-corrected chi connectivity index (χ0v) is 9.82. The quantitative estimate of drug-likeness (QED) is 0.753. The normalized spacial score (nSPS) is 23.2. The topological polar surface area (TPSA) is 21.1 Å². The number of piperidine rings is 1. The SMILES string of the molecule is CCc1nccn1CC1CCCN(C)C1. The molecule has 1 aromatic rings. The highest BCUT2D eigenvalue weighted by Gasteiger charge is 2.18. The van der Waals surface area contributed by atoms with Crippen molar-refractivity contribution in [2.24, 2.45) is 5.92 Å². The van der Waals surface area contributed by atoms with Crippen LogP contribution in [0.5, 0.6) is 0 Å². The average Bonchev–Trinajstić information content (AvgIpc) is 2.65. The summed E-state index contributed by atoms with van der Waals surface area (Å²) in [5.74, 6) is 2.03. The first-order valence-corrected chi connectivity index (χ1v) is 5.98. The summed E-state index contributed by atoms with van der Waals surface area (Å²) < 4.78 is 2.32. The van der Waals surface area contributed by atoms with Crippen molar-refractivity contribution in [3.8, 4) is 0 Å². The number of aryl methyl sites for hydroxylation is 1. The Labute approximate surface area is 92.1 Å². The Morgan fingerprint density at radius 1 is 1.53 bits per heavy atom. The number of likely N-dealkylation sites (tertiary alicyclic amines) is 1. The lowest BCUT2D eigenvalue weighted by Crippen LogP contribution is -2.34. The van der Waals surface area contributed by atoms with Crippen molar-refractivity contribution >= 4 is 0 Å². The van der Waals surface area contributed by atoms with Crippen molar-refractivity contribution < 1.29 is 0 Å². The van der Waals surface area contributed by atoms with Crippen LogP contribution < -0.4 is 0 Å². The summed E-state index contributed by atoms with van der Waals surface area (Å²) in [5, 5.41) is 0. The van der Waals surface area contributed by atoms with Crippen LogP contribution in [-0.4, -0.2) is 34.6 Å². The van der Waals surface area contributed by atoms with Gasteiger partial charge in [0.25, 0.3) is 0 Å². The molecule has 1 saturated heterocycles. The molecule has 0 radical (unpaired) electrons. The lowest BCUT2D eigenvalue weighted by atomic mass is 9.98. The van der Waals surface area contributed by atoms with Gasteiger partial charge in [-0.3, -0.25) is 0 Å². The molecule has 0 bridgehead atoms. The van der Waals surface area contributed by atoms with Gasteiger partial charge >= 0.3 is 0 Å². The average molecular weight is 207 g/mol. The molecule has 3 heteroatoms.